The van der Waals surface area contributed by atoms with Gasteiger partial charge in [0.1, 0.15) is 16.8 Å². The molecule has 0 spiro atoms. The number of pyridine rings is 1. The van der Waals surface area contributed by atoms with Crippen LogP contribution in [-0.2, 0) is 0 Å². The Bertz CT molecular complexity index is 740. The average Bonchev–Trinajstić information content (AvgIpc) is 2.95. The van der Waals surface area contributed by atoms with E-state index in [4.69, 9.17) is 26.3 Å². The lowest BCUT2D eigenvalue weighted by Gasteiger charge is -2.11. The van der Waals surface area contributed by atoms with Crippen molar-refractivity contribution in [1.29, 1.82) is 5.26 Å². The van der Waals surface area contributed by atoms with Gasteiger partial charge < -0.3 is 19.3 Å². The fraction of sp³-hybridized carbons (Fsp3) is 0.167. The van der Waals surface area contributed by atoms with Crippen molar-refractivity contribution in [2.75, 3.05) is 24.9 Å². The van der Waals surface area contributed by atoms with Crippen LogP contribution in [0.25, 0.3) is 0 Å². The van der Waals surface area contributed by atoms with Gasteiger partial charge in [0.05, 0.1) is 14.2 Å². The zero-order valence-electron chi connectivity index (χ0n) is 11.5. The van der Waals surface area contributed by atoms with E-state index in [1.54, 1.807) is 6.07 Å². The number of carbonyl (C=O) groups is 1. The molecule has 2 rings (SSSR count). The van der Waals surface area contributed by atoms with Crippen molar-refractivity contribution in [2.45, 2.75) is 0 Å². The molecule has 0 saturated carbocycles. The van der Waals surface area contributed by atoms with E-state index < -0.39 is 6.03 Å². The number of hydrogen-bond acceptors (Lipinski definition) is 7. The number of hydrogen-bond donors (Lipinski definition) is 2. The van der Waals surface area contributed by atoms with Crippen molar-refractivity contribution in [3.8, 4) is 17.8 Å². The van der Waals surface area contributed by atoms with Crippen molar-refractivity contribution in [1.82, 2.24) is 10.1 Å². The minimum absolute atomic E-state index is 0.0259. The van der Waals surface area contributed by atoms with Gasteiger partial charge in [-0.2, -0.15) is 10.2 Å². The Labute approximate surface area is 129 Å². The maximum absolute atomic E-state index is 11.9. The normalized spacial score (nSPS) is 9.73. The molecule has 9 nitrogen and oxygen atoms in total. The first-order chi connectivity index (χ1) is 10.6. The Kier molecular flexibility index (Phi) is 4.65. The fourth-order valence-electron chi connectivity index (χ4n) is 1.50. The molecule has 0 saturated heterocycles. The average molecular weight is 324 g/mol. The predicted molar refractivity (Wildman–Crippen MR) is 76.2 cm³/mol. The summed E-state index contributed by atoms with van der Waals surface area (Å²) in [5.41, 5.74) is 0.231. The number of anilines is 2. The molecule has 0 bridgehead atoms. The number of halogens is 1. The van der Waals surface area contributed by atoms with Crippen LogP contribution in [0.5, 0.6) is 11.8 Å². The third-order valence-electron chi connectivity index (χ3n) is 2.41. The number of ether oxygens (including phenoxy) is 2. The van der Waals surface area contributed by atoms with E-state index in [1.807, 2.05) is 0 Å². The smallest absolute Gasteiger partial charge is 0.325 e. The van der Waals surface area contributed by atoms with Gasteiger partial charge >= 0.3 is 6.03 Å². The van der Waals surface area contributed by atoms with Crippen LogP contribution >= 0.6 is 11.6 Å². The van der Waals surface area contributed by atoms with Gasteiger partial charge in [0.15, 0.2) is 5.82 Å². The molecule has 2 aromatic rings. The minimum Gasteiger partial charge on any atom is -0.480 e. The van der Waals surface area contributed by atoms with Crippen molar-refractivity contribution in [2.24, 2.45) is 0 Å². The predicted octanol–water partition coefficient (Wildman–Crippen LogP) is 2.26. The van der Waals surface area contributed by atoms with E-state index >= 15 is 0 Å². The standard InChI is InChI=1S/C12H10ClN5O4/c1-20-10-7(13)4-8(11(17-10)21-2)15-12(19)16-9-3-6(5-14)22-18-9/h3-4H,1-2H3,(H2,15,16,18,19). The Morgan fingerprint density at radius 1 is 1.32 bits per heavy atom. The van der Waals surface area contributed by atoms with Crippen molar-refractivity contribution >= 4 is 29.1 Å². The second-order valence-electron chi connectivity index (χ2n) is 3.80. The van der Waals surface area contributed by atoms with Crippen molar-refractivity contribution < 1.29 is 18.8 Å². The lowest BCUT2D eigenvalue weighted by molar-refractivity contribution is 0.261. The van der Waals surface area contributed by atoms with E-state index in [0.29, 0.717) is 0 Å². The Morgan fingerprint density at radius 2 is 2.05 bits per heavy atom. The molecule has 0 fully saturated rings. The Balaban J connectivity index is 2.14. The molecule has 0 radical (unpaired) electrons. The first kappa shape index (κ1) is 15.4. The lowest BCUT2D eigenvalue weighted by atomic mass is 10.4. The number of methoxy groups -OCH3 is 2. The number of carbonyl (C=O) groups excluding carboxylic acids is 1. The highest BCUT2D eigenvalue weighted by Gasteiger charge is 2.15. The summed E-state index contributed by atoms with van der Waals surface area (Å²) in [5, 5.41) is 17.2. The molecule has 2 amide bonds. The van der Waals surface area contributed by atoms with Gasteiger partial charge in [-0.1, -0.05) is 16.8 Å². The van der Waals surface area contributed by atoms with Crippen LogP contribution in [0.4, 0.5) is 16.3 Å². The van der Waals surface area contributed by atoms with Crippen LogP contribution in [-0.4, -0.2) is 30.4 Å². The second kappa shape index (κ2) is 6.64. The molecule has 0 aliphatic heterocycles. The van der Waals surface area contributed by atoms with Crippen LogP contribution in [0.2, 0.25) is 5.02 Å². The van der Waals surface area contributed by atoms with Crippen LogP contribution in [0.3, 0.4) is 0 Å². The molecule has 0 aliphatic rings. The van der Waals surface area contributed by atoms with Gasteiger partial charge in [0, 0.05) is 6.07 Å². The summed E-state index contributed by atoms with van der Waals surface area (Å²) >= 11 is 5.95. The molecule has 0 atom stereocenters. The van der Waals surface area contributed by atoms with E-state index in [0.717, 1.165) is 0 Å². The van der Waals surface area contributed by atoms with E-state index in [2.05, 4.69) is 25.3 Å². The van der Waals surface area contributed by atoms with Gasteiger partial charge in [0.2, 0.25) is 17.5 Å². The first-order valence-corrected chi connectivity index (χ1v) is 6.18. The molecule has 2 heterocycles. The molecule has 0 unspecified atom stereocenters. The summed E-state index contributed by atoms with van der Waals surface area (Å²) < 4.78 is 14.6. The summed E-state index contributed by atoms with van der Waals surface area (Å²) in [4.78, 5) is 15.9. The topological polar surface area (TPSA) is 122 Å². The second-order valence-corrected chi connectivity index (χ2v) is 4.21. The number of nitrogens with zero attached hydrogens (tertiary/aromatic N) is 3. The zero-order chi connectivity index (χ0) is 16.1. The maximum atomic E-state index is 11.9. The quantitative estimate of drug-likeness (QED) is 0.884. The highest BCUT2D eigenvalue weighted by molar-refractivity contribution is 6.32. The van der Waals surface area contributed by atoms with E-state index in [1.165, 1.54) is 26.4 Å². The molecule has 0 aliphatic carbocycles. The molecule has 2 aromatic heterocycles. The molecule has 0 aromatic carbocycles. The Morgan fingerprint density at radius 3 is 2.64 bits per heavy atom. The third kappa shape index (κ3) is 3.36. The van der Waals surface area contributed by atoms with Gasteiger partial charge in [-0.25, -0.2) is 4.79 Å². The largest absolute Gasteiger partial charge is 0.480 e. The summed E-state index contributed by atoms with van der Waals surface area (Å²) in [5.74, 6) is 0.344. The lowest BCUT2D eigenvalue weighted by Crippen LogP contribution is -2.20. The number of urea groups is 1. The first-order valence-electron chi connectivity index (χ1n) is 5.80. The summed E-state index contributed by atoms with van der Waals surface area (Å²) in [6.45, 7) is 0. The number of rotatable bonds is 4. The number of nitriles is 1. The molecule has 2 N–H and O–H groups in total. The Hall–Kier alpha value is -2.99. The number of amides is 2. The zero-order valence-corrected chi connectivity index (χ0v) is 12.3. The van der Waals surface area contributed by atoms with Crippen molar-refractivity contribution in [3.63, 3.8) is 0 Å². The maximum Gasteiger partial charge on any atom is 0.325 e. The summed E-state index contributed by atoms with van der Waals surface area (Å²) in [6.07, 6.45) is 0. The third-order valence-corrected chi connectivity index (χ3v) is 2.68. The monoisotopic (exact) mass is 323 g/mol. The highest BCUT2D eigenvalue weighted by atomic mass is 35.5. The highest BCUT2D eigenvalue weighted by Crippen LogP contribution is 2.32. The molecular formula is C12H10ClN5O4. The van der Waals surface area contributed by atoms with Crippen molar-refractivity contribution in [3.05, 3.63) is 22.9 Å². The van der Waals surface area contributed by atoms with Crippen LogP contribution in [0.15, 0.2) is 16.7 Å². The van der Waals surface area contributed by atoms with Crippen LogP contribution in [0.1, 0.15) is 5.76 Å². The van der Waals surface area contributed by atoms with Gasteiger partial charge in [-0.05, 0) is 6.07 Å². The van der Waals surface area contributed by atoms with Gasteiger partial charge in [-0.15, -0.1) is 0 Å². The number of aromatic nitrogens is 2. The summed E-state index contributed by atoms with van der Waals surface area (Å²) in [7, 11) is 2.79. The van der Waals surface area contributed by atoms with Crippen LogP contribution < -0.4 is 20.1 Å². The molecule has 22 heavy (non-hydrogen) atoms. The minimum atomic E-state index is -0.640. The van der Waals surface area contributed by atoms with Gasteiger partial charge in [0.25, 0.3) is 0 Å². The SMILES string of the molecule is COc1nc(OC)c(NC(=O)Nc2cc(C#N)on2)cc1Cl. The molecule has 10 heteroatoms. The molecule has 114 valence electrons. The van der Waals surface area contributed by atoms with E-state index in [9.17, 15) is 4.79 Å². The summed E-state index contributed by atoms with van der Waals surface area (Å²) in [6, 6.07) is 3.81. The van der Waals surface area contributed by atoms with E-state index in [-0.39, 0.29) is 34.0 Å². The molecular weight excluding hydrogens is 314 g/mol. The van der Waals surface area contributed by atoms with Gasteiger partial charge in [-0.3, -0.25) is 5.32 Å². The van der Waals surface area contributed by atoms with Crippen LogP contribution in [0, 0.1) is 11.3 Å². The number of nitrogens with one attached hydrogen (secondary N) is 2. The fourth-order valence-corrected chi connectivity index (χ4v) is 1.73.